The van der Waals surface area contributed by atoms with Crippen LogP contribution in [0.2, 0.25) is 0 Å². The topological polar surface area (TPSA) is 82.0 Å². The van der Waals surface area contributed by atoms with E-state index in [0.717, 1.165) is 29.9 Å². The van der Waals surface area contributed by atoms with Gasteiger partial charge in [0, 0.05) is 18.4 Å². The molecule has 0 unspecified atom stereocenters. The number of alkyl halides is 3. The zero-order valence-corrected chi connectivity index (χ0v) is 16.6. The van der Waals surface area contributed by atoms with Gasteiger partial charge in [0.05, 0.1) is 17.0 Å². The summed E-state index contributed by atoms with van der Waals surface area (Å²) in [6.07, 6.45) is -3.23. The highest BCUT2D eigenvalue weighted by molar-refractivity contribution is 7.90. The Kier molecular flexibility index (Phi) is 4.44. The second-order valence-corrected chi connectivity index (χ2v) is 9.95. The van der Waals surface area contributed by atoms with Crippen molar-refractivity contribution in [1.29, 1.82) is 0 Å². The highest BCUT2D eigenvalue weighted by Gasteiger charge is 2.56. The van der Waals surface area contributed by atoms with Gasteiger partial charge in [-0.25, -0.2) is 4.39 Å². The Morgan fingerprint density at radius 2 is 1.86 bits per heavy atom. The third-order valence-corrected chi connectivity index (χ3v) is 7.02. The number of halogens is 4. The number of amidine groups is 1. The van der Waals surface area contributed by atoms with E-state index in [2.05, 4.69) is 9.71 Å². The van der Waals surface area contributed by atoms with Crippen LogP contribution in [-0.4, -0.2) is 43.7 Å². The molecule has 1 aromatic rings. The number of rotatable bonds is 3. The molecule has 4 rings (SSSR count). The summed E-state index contributed by atoms with van der Waals surface area (Å²) in [6.45, 7) is 2.51. The molecule has 6 nitrogen and oxygen atoms in total. The van der Waals surface area contributed by atoms with Crippen molar-refractivity contribution in [3.05, 3.63) is 17.9 Å². The second kappa shape index (κ2) is 6.31. The van der Waals surface area contributed by atoms with Gasteiger partial charge in [0.15, 0.2) is 0 Å². The Morgan fingerprint density at radius 1 is 1.21 bits per heavy atom. The van der Waals surface area contributed by atoms with Crippen LogP contribution in [0, 0.1) is 17.7 Å². The zero-order chi connectivity index (χ0) is 21.4. The molecule has 0 bridgehead atoms. The minimum Gasteiger partial charge on any atom is -0.390 e. The van der Waals surface area contributed by atoms with Crippen molar-refractivity contribution >= 4 is 27.2 Å². The zero-order valence-electron chi connectivity index (χ0n) is 15.8. The van der Waals surface area contributed by atoms with Gasteiger partial charge in [-0.15, -0.1) is 4.40 Å². The standard InChI is InChI=1S/C18H21F4N3O3S/c1-17(2,26)11-5-6-25(15(11)18(20,21)22)12-7-10(19)8-13-14(12)23-16(9-3-4-9)24-29(13,27)28/h7-9,11,15,26H,3-6H2,1-2H3,(H,23,24)/t11-,15+/m1/s1. The van der Waals surface area contributed by atoms with Crippen LogP contribution in [0.25, 0.3) is 0 Å². The number of anilines is 2. The normalized spacial score (nSPS) is 26.7. The van der Waals surface area contributed by atoms with Crippen LogP contribution in [0.15, 0.2) is 21.4 Å². The molecule has 2 fully saturated rings. The van der Waals surface area contributed by atoms with Crippen LogP contribution >= 0.6 is 0 Å². The number of hydrogen-bond donors (Lipinski definition) is 2. The largest absolute Gasteiger partial charge is 0.409 e. The predicted octanol–water partition coefficient (Wildman–Crippen LogP) is 3.28. The van der Waals surface area contributed by atoms with E-state index in [1.54, 1.807) is 0 Å². The van der Waals surface area contributed by atoms with E-state index in [4.69, 9.17) is 0 Å². The lowest BCUT2D eigenvalue weighted by Gasteiger charge is -2.37. The number of benzene rings is 1. The summed E-state index contributed by atoms with van der Waals surface area (Å²) in [6, 6.07) is -0.412. The monoisotopic (exact) mass is 435 g/mol. The predicted molar refractivity (Wildman–Crippen MR) is 99.0 cm³/mol. The molecule has 1 aromatic carbocycles. The fourth-order valence-electron chi connectivity index (χ4n) is 4.19. The Morgan fingerprint density at radius 3 is 2.41 bits per heavy atom. The fraction of sp³-hybridized carbons (Fsp3) is 0.611. The molecular weight excluding hydrogens is 414 g/mol. The van der Waals surface area contributed by atoms with Gasteiger partial charge in [0.25, 0.3) is 10.0 Å². The first kappa shape index (κ1) is 20.4. The van der Waals surface area contributed by atoms with Crippen molar-refractivity contribution < 1.29 is 31.1 Å². The van der Waals surface area contributed by atoms with Crippen LogP contribution in [0.5, 0.6) is 0 Å². The van der Waals surface area contributed by atoms with Gasteiger partial charge in [-0.05, 0) is 45.2 Å². The summed E-state index contributed by atoms with van der Waals surface area (Å²) in [5.74, 6) is -2.05. The van der Waals surface area contributed by atoms with Gasteiger partial charge in [-0.3, -0.25) is 0 Å². The van der Waals surface area contributed by atoms with Crippen LogP contribution in [0.4, 0.5) is 28.9 Å². The van der Waals surface area contributed by atoms with E-state index in [0.29, 0.717) is 0 Å². The van der Waals surface area contributed by atoms with Crippen LogP contribution in [-0.2, 0) is 10.0 Å². The van der Waals surface area contributed by atoms with Crippen molar-refractivity contribution in [3.63, 3.8) is 0 Å². The van der Waals surface area contributed by atoms with Crippen molar-refractivity contribution in [2.45, 2.75) is 55.8 Å². The van der Waals surface area contributed by atoms with Gasteiger partial charge in [0.1, 0.15) is 22.6 Å². The number of hydrogen-bond acceptors (Lipinski definition) is 5. The summed E-state index contributed by atoms with van der Waals surface area (Å²) in [5, 5.41) is 13.1. The van der Waals surface area contributed by atoms with E-state index in [9.17, 15) is 31.1 Å². The molecule has 2 N–H and O–H groups in total. The first-order valence-electron chi connectivity index (χ1n) is 9.30. The van der Waals surface area contributed by atoms with E-state index in [-0.39, 0.29) is 36.1 Å². The van der Waals surface area contributed by atoms with Crippen LogP contribution < -0.4 is 10.2 Å². The Hall–Kier alpha value is -1.88. The number of aliphatic hydroxyl groups is 1. The number of sulfonamides is 1. The van der Waals surface area contributed by atoms with Crippen molar-refractivity contribution in [2.24, 2.45) is 16.2 Å². The molecule has 2 atom stereocenters. The first-order valence-corrected chi connectivity index (χ1v) is 10.7. The molecule has 160 valence electrons. The molecule has 1 aliphatic carbocycles. The van der Waals surface area contributed by atoms with Gasteiger partial charge in [-0.2, -0.15) is 21.6 Å². The lowest BCUT2D eigenvalue weighted by molar-refractivity contribution is -0.170. The minimum absolute atomic E-state index is 0.0231. The van der Waals surface area contributed by atoms with Crippen LogP contribution in [0.3, 0.4) is 0 Å². The molecule has 1 saturated carbocycles. The van der Waals surface area contributed by atoms with Crippen LogP contribution in [0.1, 0.15) is 33.1 Å². The van der Waals surface area contributed by atoms with E-state index >= 15 is 0 Å². The van der Waals surface area contributed by atoms with Crippen molar-refractivity contribution in [1.82, 2.24) is 0 Å². The molecule has 11 heteroatoms. The molecule has 3 aliphatic rings. The highest BCUT2D eigenvalue weighted by atomic mass is 32.2. The van der Waals surface area contributed by atoms with E-state index < -0.39 is 44.5 Å². The van der Waals surface area contributed by atoms with E-state index in [1.165, 1.54) is 13.8 Å². The molecule has 0 spiro atoms. The molecule has 2 heterocycles. The average molecular weight is 435 g/mol. The third kappa shape index (κ3) is 3.58. The number of nitrogens with zero attached hydrogens (tertiary/aromatic N) is 2. The molecule has 1 saturated heterocycles. The minimum atomic E-state index is -4.71. The highest BCUT2D eigenvalue weighted by Crippen LogP contribution is 2.48. The first-order chi connectivity index (χ1) is 13.3. The lowest BCUT2D eigenvalue weighted by Crippen LogP contribution is -2.50. The van der Waals surface area contributed by atoms with Gasteiger partial charge in [-0.1, -0.05) is 0 Å². The van der Waals surface area contributed by atoms with Gasteiger partial charge in [0.2, 0.25) is 0 Å². The maximum absolute atomic E-state index is 14.3. The van der Waals surface area contributed by atoms with Gasteiger partial charge >= 0.3 is 6.18 Å². The third-order valence-electron chi connectivity index (χ3n) is 5.71. The summed E-state index contributed by atoms with van der Waals surface area (Å²) in [5.41, 5.74) is -1.90. The Labute approximate surface area is 165 Å². The summed E-state index contributed by atoms with van der Waals surface area (Å²) >= 11 is 0. The van der Waals surface area contributed by atoms with Crippen molar-refractivity contribution in [2.75, 3.05) is 16.8 Å². The maximum atomic E-state index is 14.3. The van der Waals surface area contributed by atoms with Crippen molar-refractivity contribution in [3.8, 4) is 0 Å². The Balaban J connectivity index is 1.85. The smallest absolute Gasteiger partial charge is 0.390 e. The lowest BCUT2D eigenvalue weighted by atomic mass is 9.84. The molecule has 0 amide bonds. The summed E-state index contributed by atoms with van der Waals surface area (Å²) in [4.78, 5) is 0.465. The fourth-order valence-corrected chi connectivity index (χ4v) is 5.42. The molecule has 2 aliphatic heterocycles. The Bertz CT molecular complexity index is 981. The molecule has 0 radical (unpaired) electrons. The van der Waals surface area contributed by atoms with Gasteiger partial charge < -0.3 is 15.3 Å². The van der Waals surface area contributed by atoms with E-state index in [1.807, 2.05) is 0 Å². The molecule has 0 aromatic heterocycles. The summed E-state index contributed by atoms with van der Waals surface area (Å²) < 4.78 is 85.0. The SMILES string of the molecule is CC(C)(O)[C@@H]1CCN(c2cc(F)cc3c2NC(C2CC2)=NS3(=O)=O)[C@@H]1C(F)(F)F. The second-order valence-electron chi connectivity index (χ2n) is 8.38. The number of fused-ring (bicyclic) bond motifs is 1. The maximum Gasteiger partial charge on any atom is 0.409 e. The quantitative estimate of drug-likeness (QED) is 0.713. The molecular formula is C18H21F4N3O3S. The number of nitrogens with one attached hydrogen (secondary N) is 1. The average Bonchev–Trinajstić information content (AvgIpc) is 3.29. The summed E-state index contributed by atoms with van der Waals surface area (Å²) in [7, 11) is -4.24. The molecule has 29 heavy (non-hydrogen) atoms.